The third kappa shape index (κ3) is 3.28. The van der Waals surface area contributed by atoms with E-state index < -0.39 is 0 Å². The van der Waals surface area contributed by atoms with E-state index in [-0.39, 0.29) is 12.6 Å². The van der Waals surface area contributed by atoms with Gasteiger partial charge in [0.1, 0.15) is 0 Å². The van der Waals surface area contributed by atoms with Crippen LogP contribution in [-0.4, -0.2) is 29.3 Å². The number of rotatable bonds is 4. The zero-order valence-electron chi connectivity index (χ0n) is 11.2. The van der Waals surface area contributed by atoms with Crippen molar-refractivity contribution < 1.29 is 5.11 Å². The van der Waals surface area contributed by atoms with Crippen molar-refractivity contribution in [3.05, 3.63) is 35.9 Å². The summed E-state index contributed by atoms with van der Waals surface area (Å²) in [6.07, 6.45) is 1.24. The van der Waals surface area contributed by atoms with Gasteiger partial charge in [-0.1, -0.05) is 44.2 Å². The molecule has 100 valence electrons. The molecular weight excluding hydrogens is 242 g/mol. The third-order valence-electron chi connectivity index (χ3n) is 3.91. The number of nitrogens with one attached hydrogen (secondary N) is 1. The average molecular weight is 265 g/mol. The largest absolute Gasteiger partial charge is 0.394 e. The summed E-state index contributed by atoms with van der Waals surface area (Å²) >= 11 is 2.01. The van der Waals surface area contributed by atoms with E-state index in [4.69, 9.17) is 0 Å². The molecule has 2 atom stereocenters. The molecule has 0 amide bonds. The SMILES string of the molecule is CC1(C)CCSCC1N[C@@H](CO)c1ccccc1. The Morgan fingerprint density at radius 1 is 1.39 bits per heavy atom. The molecule has 0 radical (unpaired) electrons. The summed E-state index contributed by atoms with van der Waals surface area (Å²) in [5.74, 6) is 2.39. The maximum atomic E-state index is 9.61. The fraction of sp³-hybridized carbons (Fsp3) is 0.600. The Labute approximate surface area is 114 Å². The van der Waals surface area contributed by atoms with Crippen LogP contribution >= 0.6 is 11.8 Å². The highest BCUT2D eigenvalue weighted by atomic mass is 32.2. The smallest absolute Gasteiger partial charge is 0.0626 e. The van der Waals surface area contributed by atoms with E-state index in [2.05, 4.69) is 31.3 Å². The van der Waals surface area contributed by atoms with Crippen LogP contribution in [-0.2, 0) is 0 Å². The molecule has 1 heterocycles. The van der Waals surface area contributed by atoms with Crippen molar-refractivity contribution in [1.29, 1.82) is 0 Å². The van der Waals surface area contributed by atoms with Crippen LogP contribution in [0.5, 0.6) is 0 Å². The molecule has 0 bridgehead atoms. The molecule has 1 aliphatic rings. The second kappa shape index (κ2) is 6.09. The first-order chi connectivity index (χ1) is 8.63. The van der Waals surface area contributed by atoms with Gasteiger partial charge in [-0.3, -0.25) is 0 Å². The van der Waals surface area contributed by atoms with Crippen molar-refractivity contribution in [2.24, 2.45) is 5.41 Å². The highest BCUT2D eigenvalue weighted by Crippen LogP contribution is 2.35. The topological polar surface area (TPSA) is 32.3 Å². The van der Waals surface area contributed by atoms with Crippen LogP contribution in [0.2, 0.25) is 0 Å². The average Bonchev–Trinajstić information content (AvgIpc) is 2.38. The predicted octanol–water partition coefficient (Wildman–Crippen LogP) is 2.84. The van der Waals surface area contributed by atoms with Gasteiger partial charge in [-0.15, -0.1) is 0 Å². The Hall–Kier alpha value is -0.510. The van der Waals surface area contributed by atoms with Crippen LogP contribution in [0.25, 0.3) is 0 Å². The highest BCUT2D eigenvalue weighted by Gasteiger charge is 2.33. The first-order valence-corrected chi connectivity index (χ1v) is 7.78. The standard InChI is InChI=1S/C15H23NOS/c1-15(2)8-9-18-11-14(15)16-13(10-17)12-6-4-3-5-7-12/h3-7,13-14,16-17H,8-11H2,1-2H3/t13-,14?/m0/s1. The number of aliphatic hydroxyl groups excluding tert-OH is 1. The molecule has 2 nitrogen and oxygen atoms in total. The first kappa shape index (κ1) is 13.9. The first-order valence-electron chi connectivity index (χ1n) is 6.63. The van der Waals surface area contributed by atoms with E-state index in [0.29, 0.717) is 11.5 Å². The maximum Gasteiger partial charge on any atom is 0.0626 e. The number of hydrogen-bond donors (Lipinski definition) is 2. The molecule has 1 aliphatic heterocycles. The van der Waals surface area contributed by atoms with Gasteiger partial charge in [0.25, 0.3) is 0 Å². The molecule has 0 aromatic heterocycles. The summed E-state index contributed by atoms with van der Waals surface area (Å²) in [5, 5.41) is 13.3. The molecule has 1 fully saturated rings. The van der Waals surface area contributed by atoms with Crippen LogP contribution in [0.3, 0.4) is 0 Å². The van der Waals surface area contributed by atoms with Crippen molar-refractivity contribution in [3.8, 4) is 0 Å². The number of benzene rings is 1. The Morgan fingerprint density at radius 3 is 2.72 bits per heavy atom. The Morgan fingerprint density at radius 2 is 2.11 bits per heavy atom. The molecule has 1 unspecified atom stereocenters. The van der Waals surface area contributed by atoms with Crippen LogP contribution in [0.15, 0.2) is 30.3 Å². The summed E-state index contributed by atoms with van der Waals surface area (Å²) in [7, 11) is 0. The van der Waals surface area contributed by atoms with Gasteiger partial charge < -0.3 is 10.4 Å². The lowest BCUT2D eigenvalue weighted by molar-refractivity contribution is 0.183. The molecule has 3 heteroatoms. The minimum Gasteiger partial charge on any atom is -0.394 e. The third-order valence-corrected chi connectivity index (χ3v) is 4.97. The van der Waals surface area contributed by atoms with E-state index in [1.54, 1.807) is 0 Å². The van der Waals surface area contributed by atoms with Gasteiger partial charge in [0.15, 0.2) is 0 Å². The summed E-state index contributed by atoms with van der Waals surface area (Å²) in [6, 6.07) is 10.7. The van der Waals surface area contributed by atoms with Crippen LogP contribution < -0.4 is 5.32 Å². The van der Waals surface area contributed by atoms with Gasteiger partial charge in [-0.05, 0) is 23.2 Å². The van der Waals surface area contributed by atoms with Crippen molar-refractivity contribution >= 4 is 11.8 Å². The highest BCUT2D eigenvalue weighted by molar-refractivity contribution is 7.99. The monoisotopic (exact) mass is 265 g/mol. The normalized spacial score (nSPS) is 24.7. The zero-order valence-corrected chi connectivity index (χ0v) is 12.0. The number of thioether (sulfide) groups is 1. The fourth-order valence-corrected chi connectivity index (χ4v) is 4.01. The molecule has 1 saturated heterocycles. The van der Waals surface area contributed by atoms with Gasteiger partial charge in [0.2, 0.25) is 0 Å². The Kier molecular flexibility index (Phi) is 4.71. The van der Waals surface area contributed by atoms with Crippen molar-refractivity contribution in [2.75, 3.05) is 18.1 Å². The zero-order chi connectivity index (χ0) is 13.0. The molecule has 1 aromatic carbocycles. The number of aliphatic hydroxyl groups is 1. The molecule has 2 rings (SSSR count). The van der Waals surface area contributed by atoms with E-state index >= 15 is 0 Å². The molecule has 2 N–H and O–H groups in total. The molecule has 18 heavy (non-hydrogen) atoms. The van der Waals surface area contributed by atoms with Gasteiger partial charge in [0, 0.05) is 11.8 Å². The van der Waals surface area contributed by atoms with Crippen molar-refractivity contribution in [2.45, 2.75) is 32.4 Å². The molecular formula is C15H23NOS. The Bertz CT molecular complexity index is 366. The maximum absolute atomic E-state index is 9.61. The van der Waals surface area contributed by atoms with Crippen molar-refractivity contribution in [1.82, 2.24) is 5.32 Å². The second-order valence-electron chi connectivity index (χ2n) is 5.68. The summed E-state index contributed by atoms with van der Waals surface area (Å²) < 4.78 is 0. The van der Waals surface area contributed by atoms with Gasteiger partial charge in [-0.25, -0.2) is 0 Å². The van der Waals surface area contributed by atoms with Gasteiger partial charge in [-0.2, -0.15) is 11.8 Å². The minimum absolute atomic E-state index is 0.0502. The molecule has 0 spiro atoms. The number of hydrogen-bond acceptors (Lipinski definition) is 3. The van der Waals surface area contributed by atoms with E-state index in [1.165, 1.54) is 17.7 Å². The quantitative estimate of drug-likeness (QED) is 0.878. The predicted molar refractivity (Wildman–Crippen MR) is 78.9 cm³/mol. The minimum atomic E-state index is 0.0502. The lowest BCUT2D eigenvalue weighted by Gasteiger charge is -2.40. The summed E-state index contributed by atoms with van der Waals surface area (Å²) in [4.78, 5) is 0. The Balaban J connectivity index is 2.06. The lowest BCUT2D eigenvalue weighted by atomic mass is 9.81. The summed E-state index contributed by atoms with van der Waals surface area (Å²) in [6.45, 7) is 4.80. The molecule has 0 saturated carbocycles. The van der Waals surface area contributed by atoms with Crippen LogP contribution in [0, 0.1) is 5.41 Å². The van der Waals surface area contributed by atoms with Crippen LogP contribution in [0.1, 0.15) is 31.9 Å². The lowest BCUT2D eigenvalue weighted by Crippen LogP contribution is -2.48. The van der Waals surface area contributed by atoms with Crippen molar-refractivity contribution in [3.63, 3.8) is 0 Å². The molecule has 1 aromatic rings. The van der Waals surface area contributed by atoms with Gasteiger partial charge in [0.05, 0.1) is 12.6 Å². The van der Waals surface area contributed by atoms with E-state index in [9.17, 15) is 5.11 Å². The molecule has 0 aliphatic carbocycles. The second-order valence-corrected chi connectivity index (χ2v) is 6.83. The van der Waals surface area contributed by atoms with Gasteiger partial charge >= 0.3 is 0 Å². The fourth-order valence-electron chi connectivity index (χ4n) is 2.39. The van der Waals surface area contributed by atoms with Crippen LogP contribution in [0.4, 0.5) is 0 Å². The van der Waals surface area contributed by atoms with E-state index in [0.717, 1.165) is 5.75 Å². The summed E-state index contributed by atoms with van der Waals surface area (Å²) in [5.41, 5.74) is 1.49. The van der Waals surface area contributed by atoms with E-state index in [1.807, 2.05) is 30.0 Å².